The highest BCUT2D eigenvalue weighted by Crippen LogP contribution is 2.42. The Morgan fingerprint density at radius 1 is 1.05 bits per heavy atom. The van der Waals surface area contributed by atoms with Gasteiger partial charge < -0.3 is 15.0 Å². The molecular formula is C33H36F2N6O. The van der Waals surface area contributed by atoms with Crippen LogP contribution in [0, 0.1) is 18.6 Å². The van der Waals surface area contributed by atoms with E-state index in [0.29, 0.717) is 40.7 Å². The molecule has 0 saturated carbocycles. The summed E-state index contributed by atoms with van der Waals surface area (Å²) in [6, 6.07) is 9.53. The largest absolute Gasteiger partial charge is 0.461 e. The van der Waals surface area contributed by atoms with Crippen molar-refractivity contribution in [3.8, 4) is 17.3 Å². The molecule has 218 valence electrons. The van der Waals surface area contributed by atoms with E-state index in [2.05, 4.69) is 22.0 Å². The summed E-state index contributed by atoms with van der Waals surface area (Å²) in [6.07, 6.45) is 6.09. The molecule has 3 fully saturated rings. The summed E-state index contributed by atoms with van der Waals surface area (Å²) in [4.78, 5) is 19.6. The molecule has 2 unspecified atom stereocenters. The number of rotatable bonds is 4. The molecule has 3 saturated heterocycles. The van der Waals surface area contributed by atoms with Crippen LogP contribution in [0.5, 0.6) is 6.01 Å². The fourth-order valence-corrected chi connectivity index (χ4v) is 8.01. The van der Waals surface area contributed by atoms with Crippen molar-refractivity contribution in [1.29, 1.82) is 0 Å². The van der Waals surface area contributed by atoms with Crippen LogP contribution >= 0.6 is 0 Å². The zero-order chi connectivity index (χ0) is 28.6. The summed E-state index contributed by atoms with van der Waals surface area (Å²) >= 11 is 0. The molecule has 4 aromatic rings. The number of fused-ring (bicyclic) bond motifs is 4. The predicted octanol–water partition coefficient (Wildman–Crippen LogP) is 5.55. The minimum Gasteiger partial charge on any atom is -0.461 e. The molecule has 8 rings (SSSR count). The van der Waals surface area contributed by atoms with Gasteiger partial charge in [0.05, 0.1) is 16.6 Å². The van der Waals surface area contributed by atoms with Gasteiger partial charge in [-0.05, 0) is 87.9 Å². The fourth-order valence-electron chi connectivity index (χ4n) is 8.01. The van der Waals surface area contributed by atoms with E-state index in [4.69, 9.17) is 19.7 Å². The molecule has 2 atom stereocenters. The van der Waals surface area contributed by atoms with Gasteiger partial charge in [0.15, 0.2) is 5.82 Å². The van der Waals surface area contributed by atoms with E-state index in [0.717, 1.165) is 56.5 Å². The molecule has 4 aliphatic heterocycles. The van der Waals surface area contributed by atoms with Gasteiger partial charge in [-0.1, -0.05) is 24.3 Å². The Hall–Kier alpha value is -3.43. The molecule has 6 heterocycles. The number of pyridine rings is 1. The summed E-state index contributed by atoms with van der Waals surface area (Å²) < 4.78 is 38.0. The number of hydrogen-bond acceptors (Lipinski definition) is 7. The summed E-state index contributed by atoms with van der Waals surface area (Å²) in [6.45, 7) is 8.20. The Morgan fingerprint density at radius 2 is 1.88 bits per heavy atom. The van der Waals surface area contributed by atoms with Gasteiger partial charge in [0.2, 0.25) is 0 Å². The van der Waals surface area contributed by atoms with Crippen molar-refractivity contribution in [2.45, 2.75) is 70.0 Å². The fraction of sp³-hybridized carbons (Fsp3) is 0.485. The average molecular weight is 571 g/mol. The highest BCUT2D eigenvalue weighted by atomic mass is 19.1. The minimum absolute atomic E-state index is 0.0240. The topological polar surface area (TPSA) is 66.4 Å². The highest BCUT2D eigenvalue weighted by Gasteiger charge is 2.45. The third kappa shape index (κ3) is 4.00. The minimum atomic E-state index is -0.512. The number of anilines is 1. The number of hydrogen-bond donors (Lipinski definition) is 1. The molecule has 0 radical (unpaired) electrons. The zero-order valence-corrected chi connectivity index (χ0v) is 24.2. The van der Waals surface area contributed by atoms with Crippen LogP contribution < -0.4 is 15.0 Å². The Labute approximate surface area is 244 Å². The summed E-state index contributed by atoms with van der Waals surface area (Å²) in [7, 11) is 0. The lowest BCUT2D eigenvalue weighted by molar-refractivity contribution is 0.108. The predicted molar refractivity (Wildman–Crippen MR) is 160 cm³/mol. The number of aryl methyl sites for hydroxylation is 2. The maximum Gasteiger partial charge on any atom is 0.319 e. The van der Waals surface area contributed by atoms with Crippen LogP contribution in [0.4, 0.5) is 14.6 Å². The van der Waals surface area contributed by atoms with Gasteiger partial charge >= 0.3 is 6.01 Å². The van der Waals surface area contributed by atoms with E-state index in [1.807, 2.05) is 18.2 Å². The number of ether oxygens (including phenoxy) is 1. The zero-order valence-electron chi connectivity index (χ0n) is 24.2. The third-order valence-electron chi connectivity index (χ3n) is 10.2. The van der Waals surface area contributed by atoms with Gasteiger partial charge in [0, 0.05) is 30.7 Å². The van der Waals surface area contributed by atoms with E-state index in [-0.39, 0.29) is 40.7 Å². The monoisotopic (exact) mass is 570 g/mol. The highest BCUT2D eigenvalue weighted by molar-refractivity contribution is 6.01. The van der Waals surface area contributed by atoms with E-state index in [1.165, 1.54) is 18.9 Å². The summed E-state index contributed by atoms with van der Waals surface area (Å²) in [5.41, 5.74) is 2.31. The SMILES string of the molecule is Cc1c(F)ccc2cccc(-c3nc4c5c(nc(OCC67CCCN6CCC7)nc5c3F)N3CC(C)NCC3CC4)c12. The van der Waals surface area contributed by atoms with Crippen molar-refractivity contribution in [3.63, 3.8) is 0 Å². The molecule has 1 N–H and O–H groups in total. The van der Waals surface area contributed by atoms with Gasteiger partial charge in [-0.2, -0.15) is 9.97 Å². The Balaban J connectivity index is 1.32. The van der Waals surface area contributed by atoms with Crippen molar-refractivity contribution in [2.24, 2.45) is 0 Å². The molecule has 4 aliphatic rings. The number of nitrogens with one attached hydrogen (secondary N) is 1. The first-order valence-corrected chi connectivity index (χ1v) is 15.4. The van der Waals surface area contributed by atoms with Gasteiger partial charge in [-0.15, -0.1) is 0 Å². The van der Waals surface area contributed by atoms with E-state index in [9.17, 15) is 4.39 Å². The lowest BCUT2D eigenvalue weighted by Gasteiger charge is -2.39. The maximum absolute atomic E-state index is 16.9. The van der Waals surface area contributed by atoms with Crippen LogP contribution in [0.25, 0.3) is 32.9 Å². The number of halogens is 2. The number of nitrogens with zero attached hydrogens (tertiary/aromatic N) is 5. The molecule has 0 spiro atoms. The lowest BCUT2D eigenvalue weighted by atomic mass is 9.95. The van der Waals surface area contributed by atoms with Crippen LogP contribution in [0.3, 0.4) is 0 Å². The second-order valence-electron chi connectivity index (χ2n) is 12.7. The third-order valence-corrected chi connectivity index (χ3v) is 10.2. The molecule has 0 bridgehead atoms. The van der Waals surface area contributed by atoms with Crippen molar-refractivity contribution in [2.75, 3.05) is 37.7 Å². The van der Waals surface area contributed by atoms with Crippen LogP contribution in [0.2, 0.25) is 0 Å². The first-order valence-electron chi connectivity index (χ1n) is 15.4. The van der Waals surface area contributed by atoms with Crippen molar-refractivity contribution >= 4 is 27.5 Å². The Morgan fingerprint density at radius 3 is 2.71 bits per heavy atom. The van der Waals surface area contributed by atoms with E-state index >= 15 is 4.39 Å². The molecule has 0 aliphatic carbocycles. The molecule has 0 amide bonds. The van der Waals surface area contributed by atoms with Crippen molar-refractivity contribution in [1.82, 2.24) is 25.2 Å². The van der Waals surface area contributed by atoms with Gasteiger partial charge in [0.1, 0.15) is 29.5 Å². The maximum atomic E-state index is 16.9. The standard InChI is InChI=1S/C33H36F2N6O/c1-19-17-41-22(16-36-19)9-11-25-27-30(38-32(39-31(27)41)42-18-33-12-4-14-40(33)15-5-13-33)28(35)29(37-25)23-7-3-6-21-8-10-24(34)20(2)26(21)23/h3,6-8,10,19,22,36H,4-5,9,11-18H2,1-2H3. The number of aromatic nitrogens is 3. The summed E-state index contributed by atoms with van der Waals surface area (Å²) in [5, 5.41) is 5.79. The van der Waals surface area contributed by atoms with E-state index in [1.54, 1.807) is 13.0 Å². The molecule has 7 nitrogen and oxygen atoms in total. The molecule has 9 heteroatoms. The smallest absolute Gasteiger partial charge is 0.319 e. The normalized spacial score (nSPS) is 23.3. The first kappa shape index (κ1) is 26.2. The van der Waals surface area contributed by atoms with E-state index < -0.39 is 5.82 Å². The van der Waals surface area contributed by atoms with Crippen molar-refractivity contribution < 1.29 is 13.5 Å². The average Bonchev–Trinajstić information content (AvgIpc) is 3.54. The second kappa shape index (κ2) is 9.81. The van der Waals surface area contributed by atoms with Crippen LogP contribution in [0.1, 0.15) is 50.3 Å². The molecule has 2 aromatic carbocycles. The Kier molecular flexibility index (Phi) is 6.12. The van der Waals surface area contributed by atoms with Gasteiger partial charge in [-0.3, -0.25) is 4.90 Å². The van der Waals surface area contributed by atoms with Gasteiger partial charge in [-0.25, -0.2) is 13.8 Å². The van der Waals surface area contributed by atoms with Gasteiger partial charge in [0.25, 0.3) is 0 Å². The molecule has 2 aromatic heterocycles. The molecule has 42 heavy (non-hydrogen) atoms. The lowest BCUT2D eigenvalue weighted by Crippen LogP contribution is -2.55. The first-order chi connectivity index (χ1) is 20.4. The van der Waals surface area contributed by atoms with Crippen molar-refractivity contribution in [3.05, 3.63) is 53.2 Å². The Bertz CT molecular complexity index is 1720. The number of piperazine rings is 1. The van der Waals surface area contributed by atoms with Crippen LogP contribution in [0.15, 0.2) is 30.3 Å². The quantitative estimate of drug-likeness (QED) is 0.345. The molecular weight excluding hydrogens is 534 g/mol. The van der Waals surface area contributed by atoms with Crippen LogP contribution in [-0.2, 0) is 6.42 Å². The van der Waals surface area contributed by atoms with Crippen LogP contribution in [-0.4, -0.2) is 70.3 Å². The number of benzene rings is 2. The summed E-state index contributed by atoms with van der Waals surface area (Å²) in [5.74, 6) is -0.118. The second-order valence-corrected chi connectivity index (χ2v) is 12.7.